The van der Waals surface area contributed by atoms with E-state index >= 15 is 0 Å². The van der Waals surface area contributed by atoms with Gasteiger partial charge in [0.1, 0.15) is 0 Å². The van der Waals surface area contributed by atoms with E-state index in [0.717, 1.165) is 0 Å². The Bertz CT molecular complexity index is 887. The highest BCUT2D eigenvalue weighted by molar-refractivity contribution is 8.03. The Morgan fingerprint density at radius 1 is 1.09 bits per heavy atom. The zero-order valence-corrected chi connectivity index (χ0v) is 14.0. The van der Waals surface area contributed by atoms with Crippen molar-refractivity contribution in [2.45, 2.75) is 0 Å². The second-order valence-electron chi connectivity index (χ2n) is 4.88. The van der Waals surface area contributed by atoms with Gasteiger partial charge in [-0.25, -0.2) is 4.21 Å². The summed E-state index contributed by atoms with van der Waals surface area (Å²) < 4.78 is 42.6. The van der Waals surface area contributed by atoms with Gasteiger partial charge in [-0.3, -0.25) is 9.40 Å². The van der Waals surface area contributed by atoms with E-state index in [-0.39, 0.29) is 0 Å². The van der Waals surface area contributed by atoms with Crippen LogP contribution in [0.5, 0.6) is 0 Å². The minimum Gasteiger partial charge on any atom is -0.337 e. The van der Waals surface area contributed by atoms with E-state index in [4.69, 9.17) is 0 Å². The summed E-state index contributed by atoms with van der Waals surface area (Å²) in [6.45, 7) is 0. The summed E-state index contributed by atoms with van der Waals surface area (Å²) in [5.41, 5.74) is 0.805. The van der Waals surface area contributed by atoms with Crippen LogP contribution in [0.4, 0.5) is 17.2 Å². The highest BCUT2D eigenvalue weighted by Crippen LogP contribution is 2.25. The molecule has 0 bridgehead atoms. The van der Waals surface area contributed by atoms with E-state index in [1.807, 2.05) is 0 Å². The maximum Gasteiger partial charge on any atom is 0.350 e. The molecule has 2 N–H and O–H groups in total. The zero-order valence-electron chi connectivity index (χ0n) is 12.3. The average molecular weight is 343 g/mol. The first kappa shape index (κ1) is 16.3. The highest BCUT2D eigenvalue weighted by atomic mass is 32.3. The molecule has 0 aliphatic heterocycles. The third-order valence-electron chi connectivity index (χ3n) is 2.42. The average Bonchev–Trinajstić information content (AvgIpc) is 2.74. The summed E-state index contributed by atoms with van der Waals surface area (Å²) in [4.78, 5) is 0. The summed E-state index contributed by atoms with van der Waals surface area (Å²) in [6.07, 6.45) is 4.27. The molecule has 1 aromatic heterocycles. The molecule has 2 rings (SSSR count). The molecule has 0 radical (unpaired) electrons. The fourth-order valence-corrected chi connectivity index (χ4v) is 4.19. The molecule has 0 aliphatic rings. The van der Waals surface area contributed by atoms with Gasteiger partial charge in [-0.15, -0.1) is 0 Å². The summed E-state index contributed by atoms with van der Waals surface area (Å²) in [7, 11) is -5.07. The lowest BCUT2D eigenvalue weighted by Gasteiger charge is -2.11. The number of aromatic nitrogens is 2. The first-order chi connectivity index (χ1) is 10.1. The molecule has 0 aliphatic carbocycles. The van der Waals surface area contributed by atoms with E-state index in [0.29, 0.717) is 17.2 Å². The van der Waals surface area contributed by atoms with Crippen molar-refractivity contribution in [2.75, 3.05) is 22.6 Å². The maximum atomic E-state index is 11.9. The van der Waals surface area contributed by atoms with Crippen molar-refractivity contribution in [3.8, 4) is 0 Å². The minimum absolute atomic E-state index is 0.292. The van der Waals surface area contributed by atoms with Gasteiger partial charge >= 0.3 is 10.2 Å². The van der Waals surface area contributed by atoms with Crippen molar-refractivity contribution in [1.29, 1.82) is 0 Å². The highest BCUT2D eigenvalue weighted by Gasteiger charge is 2.13. The molecule has 0 unspecified atom stereocenters. The Hall–Kier alpha value is -2.07. The van der Waals surface area contributed by atoms with E-state index in [2.05, 4.69) is 18.9 Å². The van der Waals surface area contributed by atoms with Gasteiger partial charge in [0.05, 0.1) is 21.1 Å². The van der Waals surface area contributed by atoms with Crippen LogP contribution in [0, 0.1) is 0 Å². The lowest BCUT2D eigenvalue weighted by Crippen LogP contribution is -2.13. The van der Waals surface area contributed by atoms with Crippen molar-refractivity contribution in [1.82, 2.24) is 9.78 Å². The Morgan fingerprint density at radius 2 is 1.73 bits per heavy atom. The molecule has 0 fully saturated rings. The van der Waals surface area contributed by atoms with Crippen LogP contribution in [-0.2, 0) is 27.0 Å². The maximum absolute atomic E-state index is 11.9. The second-order valence-corrected chi connectivity index (χ2v) is 8.99. The van der Waals surface area contributed by atoms with Crippen molar-refractivity contribution >= 4 is 37.1 Å². The summed E-state index contributed by atoms with van der Waals surface area (Å²) in [5, 5.41) is 7.17. The Balaban J connectivity index is 2.31. The van der Waals surface area contributed by atoms with Gasteiger partial charge < -0.3 is 5.32 Å². The van der Waals surface area contributed by atoms with Crippen molar-refractivity contribution < 1.29 is 12.6 Å². The molecule has 0 saturated carbocycles. The Kier molecular flexibility index (Phi) is 4.42. The van der Waals surface area contributed by atoms with Crippen LogP contribution >= 0.6 is 0 Å². The molecule has 0 atom stereocenters. The normalized spacial score (nSPS) is 12.0. The molecule has 1 aromatic carbocycles. The third-order valence-corrected chi connectivity index (χ3v) is 5.12. The van der Waals surface area contributed by atoms with Gasteiger partial charge in [0.2, 0.25) is 0 Å². The molecular weight excluding hydrogens is 326 g/mol. The summed E-state index contributed by atoms with van der Waals surface area (Å²) in [6, 6.07) is 8.45. The number of aryl methyl sites for hydroxylation is 1. The molecule has 22 heavy (non-hydrogen) atoms. The van der Waals surface area contributed by atoms with Crippen LogP contribution in [0.15, 0.2) is 40.3 Å². The van der Waals surface area contributed by atoms with Gasteiger partial charge in [0.25, 0.3) is 0 Å². The second kappa shape index (κ2) is 5.97. The summed E-state index contributed by atoms with van der Waals surface area (Å²) in [5.74, 6) is 0.570. The van der Waals surface area contributed by atoms with Crippen LogP contribution in [-0.4, -0.2) is 34.9 Å². The zero-order chi connectivity index (χ0) is 16.4. The van der Waals surface area contributed by atoms with Crippen LogP contribution in [0.1, 0.15) is 0 Å². The molecule has 120 valence electrons. The fraction of sp³-hybridized carbons (Fsp3) is 0.250. The number of rotatable bonds is 5. The molecule has 1 heterocycles. The monoisotopic (exact) mass is 343 g/mol. The van der Waals surface area contributed by atoms with Crippen molar-refractivity contribution in [2.24, 2.45) is 10.8 Å². The summed E-state index contributed by atoms with van der Waals surface area (Å²) >= 11 is 0. The molecule has 8 nitrogen and oxygen atoms in total. The Morgan fingerprint density at radius 3 is 2.27 bits per heavy atom. The van der Waals surface area contributed by atoms with Crippen LogP contribution < -0.4 is 10.0 Å². The van der Waals surface area contributed by atoms with Gasteiger partial charge in [-0.1, -0.05) is 15.9 Å². The van der Waals surface area contributed by atoms with E-state index in [1.165, 1.54) is 12.5 Å². The molecule has 0 amide bonds. The lowest BCUT2D eigenvalue weighted by molar-refractivity contribution is 0.603. The van der Waals surface area contributed by atoms with Crippen molar-refractivity contribution in [3.63, 3.8) is 0 Å². The lowest BCUT2D eigenvalue weighted by atomic mass is 10.3. The largest absolute Gasteiger partial charge is 0.350 e. The molecular formula is C12H17N5O3S2. The van der Waals surface area contributed by atoms with Crippen molar-refractivity contribution in [3.05, 3.63) is 36.5 Å². The van der Waals surface area contributed by atoms with E-state index in [9.17, 15) is 12.6 Å². The quantitative estimate of drug-likeness (QED) is 0.857. The van der Waals surface area contributed by atoms with Crippen LogP contribution in [0.2, 0.25) is 0 Å². The van der Waals surface area contributed by atoms with Gasteiger partial charge in [-0.2, -0.15) is 13.5 Å². The predicted molar refractivity (Wildman–Crippen MR) is 87.9 cm³/mol. The van der Waals surface area contributed by atoms with Crippen LogP contribution in [0.3, 0.4) is 0 Å². The molecule has 0 spiro atoms. The third kappa shape index (κ3) is 4.74. The number of hydrogen-bond acceptors (Lipinski definition) is 5. The Labute approximate surface area is 129 Å². The fourth-order valence-electron chi connectivity index (χ4n) is 1.69. The molecule has 10 heteroatoms. The topological polar surface area (TPSA) is 105 Å². The number of anilines is 3. The van der Waals surface area contributed by atoms with E-state index < -0.39 is 19.9 Å². The minimum atomic E-state index is -4.07. The van der Waals surface area contributed by atoms with Gasteiger partial charge in [0, 0.05) is 31.8 Å². The smallest absolute Gasteiger partial charge is 0.337 e. The predicted octanol–water partition coefficient (Wildman–Crippen LogP) is 1.55. The SMILES string of the molecule is Cn1ccc(Nc2ccccc2NS(=O)(=O)N=S(C)(C)=O)n1. The van der Waals surface area contributed by atoms with Gasteiger partial charge in [-0.05, 0) is 12.1 Å². The first-order valence-electron chi connectivity index (χ1n) is 6.21. The number of para-hydroxylation sites is 2. The van der Waals surface area contributed by atoms with Crippen LogP contribution in [0.25, 0.3) is 0 Å². The van der Waals surface area contributed by atoms with Gasteiger partial charge in [0.15, 0.2) is 5.82 Å². The molecule has 2 aromatic rings. The molecule has 0 saturated heterocycles. The first-order valence-corrected chi connectivity index (χ1v) is 9.99. The number of hydrogen-bond donors (Lipinski definition) is 2. The van der Waals surface area contributed by atoms with E-state index in [1.54, 1.807) is 48.3 Å². The number of nitrogens with zero attached hydrogens (tertiary/aromatic N) is 3. The number of nitrogens with one attached hydrogen (secondary N) is 2. The number of benzene rings is 1. The standard InChI is InChI=1S/C12H17N5O3S2/c1-17-9-8-12(14-17)13-10-6-4-5-7-11(10)15-22(19,20)16-21(2,3)18/h4-9,15H,1-3H3,(H,13,14).